The molecule has 0 spiro atoms. The number of rotatable bonds is 7. The van der Waals surface area contributed by atoms with Crippen LogP contribution in [0.2, 0.25) is 5.02 Å². The number of halogens is 3. The van der Waals surface area contributed by atoms with Gasteiger partial charge in [-0.15, -0.1) is 0 Å². The van der Waals surface area contributed by atoms with Gasteiger partial charge in [0.05, 0.1) is 16.1 Å². The van der Waals surface area contributed by atoms with Gasteiger partial charge in [-0.3, -0.25) is 14.8 Å². The van der Waals surface area contributed by atoms with E-state index in [1.807, 2.05) is 18.7 Å². The summed E-state index contributed by atoms with van der Waals surface area (Å²) in [6.07, 6.45) is 0.515. The van der Waals surface area contributed by atoms with E-state index in [0.29, 0.717) is 30.3 Å². The van der Waals surface area contributed by atoms with Crippen LogP contribution >= 0.6 is 11.6 Å². The molecule has 1 aliphatic heterocycles. The summed E-state index contributed by atoms with van der Waals surface area (Å²) in [6, 6.07) is 9.24. The minimum Gasteiger partial charge on any atom is -0.481 e. The summed E-state index contributed by atoms with van der Waals surface area (Å²) in [5.41, 5.74) is 0.217. The van der Waals surface area contributed by atoms with Crippen LogP contribution in [0.4, 0.5) is 20.4 Å². The van der Waals surface area contributed by atoms with E-state index in [1.54, 1.807) is 18.2 Å². The Hall–Kier alpha value is -3.04. The molecule has 3 aromatic rings. The van der Waals surface area contributed by atoms with E-state index in [1.165, 1.54) is 18.2 Å². The zero-order valence-electron chi connectivity index (χ0n) is 18.9. The van der Waals surface area contributed by atoms with Crippen molar-refractivity contribution in [1.29, 1.82) is 0 Å². The zero-order valence-corrected chi connectivity index (χ0v) is 19.7. The van der Waals surface area contributed by atoms with Gasteiger partial charge >= 0.3 is 5.97 Å². The second-order valence-electron chi connectivity index (χ2n) is 8.94. The Bertz CT molecular complexity index is 1200. The quantitative estimate of drug-likeness (QED) is 0.428. The summed E-state index contributed by atoms with van der Waals surface area (Å²) in [5, 5.41) is 20.1. The van der Waals surface area contributed by atoms with Gasteiger partial charge in [-0.25, -0.2) is 13.8 Å². The lowest BCUT2D eigenvalue weighted by Gasteiger charge is -2.43. The third-order valence-corrected chi connectivity index (χ3v) is 6.72. The lowest BCUT2D eigenvalue weighted by molar-refractivity contribution is -0.153. The van der Waals surface area contributed by atoms with Gasteiger partial charge in [-0.1, -0.05) is 23.7 Å². The number of hydrogen-bond acceptors (Lipinski definition) is 5. The van der Waals surface area contributed by atoms with Crippen LogP contribution < -0.4 is 5.32 Å². The third kappa shape index (κ3) is 5.05. The highest BCUT2D eigenvalue weighted by molar-refractivity contribution is 6.30. The average molecular weight is 490 g/mol. The first-order chi connectivity index (χ1) is 16.2. The Morgan fingerprint density at radius 3 is 2.79 bits per heavy atom. The van der Waals surface area contributed by atoms with Crippen molar-refractivity contribution < 1.29 is 18.7 Å². The second kappa shape index (κ2) is 9.68. The predicted octanol–water partition coefficient (Wildman–Crippen LogP) is 5.09. The van der Waals surface area contributed by atoms with Gasteiger partial charge in [0.1, 0.15) is 17.5 Å². The van der Waals surface area contributed by atoms with Crippen LogP contribution in [-0.2, 0) is 17.8 Å². The fourth-order valence-corrected chi connectivity index (χ4v) is 4.74. The fraction of sp³-hybridized carbons (Fsp3) is 0.375. The molecule has 7 nitrogen and oxygen atoms in total. The SMILES string of the molecule is Cc1cc(Nc2ccc(F)c(C[C@]3(C(=O)O)CCN(Cc4cccc(Cl)c4F)[C@@H](C)C3)n2)n[nH]1. The second-order valence-corrected chi connectivity index (χ2v) is 9.34. The number of aliphatic carboxylic acids is 1. The lowest BCUT2D eigenvalue weighted by atomic mass is 9.72. The summed E-state index contributed by atoms with van der Waals surface area (Å²) < 4.78 is 29.1. The lowest BCUT2D eigenvalue weighted by Crippen LogP contribution is -2.50. The zero-order chi connectivity index (χ0) is 24.5. The molecule has 0 bridgehead atoms. The maximum atomic E-state index is 14.7. The van der Waals surface area contributed by atoms with E-state index in [0.717, 1.165) is 5.69 Å². The molecule has 0 radical (unpaired) electrons. The number of hydrogen-bond donors (Lipinski definition) is 3. The Morgan fingerprint density at radius 2 is 2.12 bits per heavy atom. The van der Waals surface area contributed by atoms with E-state index in [9.17, 15) is 18.7 Å². The van der Waals surface area contributed by atoms with Crippen molar-refractivity contribution in [1.82, 2.24) is 20.1 Å². The van der Waals surface area contributed by atoms with Crippen molar-refractivity contribution in [2.75, 3.05) is 11.9 Å². The number of piperidine rings is 1. The van der Waals surface area contributed by atoms with E-state index in [-0.39, 0.29) is 36.0 Å². The molecule has 3 N–H and O–H groups in total. The molecule has 0 amide bonds. The van der Waals surface area contributed by atoms with Crippen LogP contribution in [0.15, 0.2) is 36.4 Å². The molecular weight excluding hydrogens is 464 g/mol. The van der Waals surface area contributed by atoms with Gasteiger partial charge < -0.3 is 10.4 Å². The number of carbonyl (C=O) groups is 1. The molecule has 1 fully saturated rings. The van der Waals surface area contributed by atoms with E-state index in [2.05, 4.69) is 20.5 Å². The van der Waals surface area contributed by atoms with Gasteiger partial charge in [-0.2, -0.15) is 5.10 Å². The first-order valence-corrected chi connectivity index (χ1v) is 11.4. The molecule has 0 unspecified atom stereocenters. The van der Waals surface area contributed by atoms with Crippen molar-refractivity contribution in [3.05, 3.63) is 70.0 Å². The summed E-state index contributed by atoms with van der Waals surface area (Å²) >= 11 is 5.90. The van der Waals surface area contributed by atoms with Crippen LogP contribution in [0.1, 0.15) is 36.7 Å². The standard InChI is InChI=1S/C24H26ClF2N5O2/c1-14-10-21(31-30-14)29-20-7-6-18(26)19(28-20)12-24(23(33)34)8-9-32(15(2)11-24)13-16-4-3-5-17(25)22(16)27/h3-7,10,15H,8-9,11-13H2,1-2H3,(H,33,34)(H2,28,29,30,31)/t15-,24-/m0/s1. The molecule has 0 saturated carbocycles. The maximum absolute atomic E-state index is 14.7. The number of H-pyrrole nitrogens is 1. The Labute approximate surface area is 201 Å². The summed E-state index contributed by atoms with van der Waals surface area (Å²) in [7, 11) is 0. The molecule has 0 aliphatic carbocycles. The fourth-order valence-electron chi connectivity index (χ4n) is 4.54. The molecule has 180 valence electrons. The maximum Gasteiger partial charge on any atom is 0.310 e. The molecule has 34 heavy (non-hydrogen) atoms. The van der Waals surface area contributed by atoms with Crippen LogP contribution in [0, 0.1) is 24.0 Å². The largest absolute Gasteiger partial charge is 0.481 e. The molecule has 1 aromatic carbocycles. The Morgan fingerprint density at radius 1 is 1.32 bits per heavy atom. The molecule has 3 heterocycles. The number of pyridine rings is 1. The predicted molar refractivity (Wildman–Crippen MR) is 125 cm³/mol. The van der Waals surface area contributed by atoms with Crippen LogP contribution in [0.25, 0.3) is 0 Å². The van der Waals surface area contributed by atoms with Crippen molar-refractivity contribution >= 4 is 29.2 Å². The highest BCUT2D eigenvalue weighted by Gasteiger charge is 2.45. The smallest absolute Gasteiger partial charge is 0.310 e. The number of aromatic amines is 1. The van der Waals surface area contributed by atoms with E-state index in [4.69, 9.17) is 11.6 Å². The highest BCUT2D eigenvalue weighted by atomic mass is 35.5. The summed E-state index contributed by atoms with van der Waals surface area (Å²) in [4.78, 5) is 18.8. The monoisotopic (exact) mass is 489 g/mol. The minimum absolute atomic E-state index is 0.0486. The number of nitrogens with one attached hydrogen (secondary N) is 2. The Balaban J connectivity index is 1.52. The van der Waals surface area contributed by atoms with E-state index >= 15 is 0 Å². The van der Waals surface area contributed by atoms with Crippen molar-refractivity contribution in [2.45, 2.75) is 45.7 Å². The normalized spacial score (nSPS) is 20.9. The van der Waals surface area contributed by atoms with Gasteiger partial charge in [0, 0.05) is 36.3 Å². The molecule has 2 atom stereocenters. The first kappa shape index (κ1) is 24.1. The van der Waals surface area contributed by atoms with Crippen LogP contribution in [0.5, 0.6) is 0 Å². The molecule has 1 aliphatic rings. The number of benzene rings is 1. The van der Waals surface area contributed by atoms with Crippen molar-refractivity contribution in [3.8, 4) is 0 Å². The summed E-state index contributed by atoms with van der Waals surface area (Å²) in [6.45, 7) is 4.50. The topological polar surface area (TPSA) is 94.1 Å². The Kier molecular flexibility index (Phi) is 6.86. The van der Waals surface area contributed by atoms with Crippen molar-refractivity contribution in [3.63, 3.8) is 0 Å². The number of carboxylic acids is 1. The molecule has 4 rings (SSSR count). The summed E-state index contributed by atoms with van der Waals surface area (Å²) in [5.74, 6) is -1.10. The molecule has 1 saturated heterocycles. The minimum atomic E-state index is -1.18. The number of anilines is 2. The molecular formula is C24H26ClF2N5O2. The first-order valence-electron chi connectivity index (χ1n) is 11.0. The highest BCUT2D eigenvalue weighted by Crippen LogP contribution is 2.39. The van der Waals surface area contributed by atoms with Crippen molar-refractivity contribution in [2.24, 2.45) is 5.41 Å². The van der Waals surface area contributed by atoms with E-state index < -0.39 is 23.0 Å². The van der Waals surface area contributed by atoms with Gasteiger partial charge in [0.2, 0.25) is 0 Å². The number of carboxylic acid groups (broad SMARTS) is 1. The van der Waals surface area contributed by atoms with Crippen LogP contribution in [-0.4, -0.2) is 43.7 Å². The van der Waals surface area contributed by atoms with Crippen LogP contribution in [0.3, 0.4) is 0 Å². The third-order valence-electron chi connectivity index (χ3n) is 6.43. The molecule has 2 aromatic heterocycles. The molecule has 10 heteroatoms. The number of aryl methyl sites for hydroxylation is 1. The van der Waals surface area contributed by atoms with Gasteiger partial charge in [-0.05, 0) is 51.4 Å². The van der Waals surface area contributed by atoms with Gasteiger partial charge in [0.15, 0.2) is 5.82 Å². The van der Waals surface area contributed by atoms with Gasteiger partial charge in [0.25, 0.3) is 0 Å². The number of aromatic nitrogens is 3. The number of nitrogens with zero attached hydrogens (tertiary/aromatic N) is 3. The average Bonchev–Trinajstić information content (AvgIpc) is 3.20. The number of likely N-dealkylation sites (tertiary alicyclic amines) is 1.